The third-order valence-electron chi connectivity index (χ3n) is 3.01. The third-order valence-corrected chi connectivity index (χ3v) is 3.27. The molecule has 1 N–H and O–H groups in total. The largest absolute Gasteiger partial charge is 0.496 e. The van der Waals surface area contributed by atoms with Crippen molar-refractivity contribution in [2.45, 2.75) is 26.4 Å². The van der Waals surface area contributed by atoms with Crippen molar-refractivity contribution in [3.8, 4) is 11.5 Å². The lowest BCUT2D eigenvalue weighted by molar-refractivity contribution is 0.170. The molecule has 0 saturated carbocycles. The second kappa shape index (κ2) is 6.17. The minimum atomic E-state index is -0.573. The van der Waals surface area contributed by atoms with Gasteiger partial charge in [-0.1, -0.05) is 0 Å². The Morgan fingerprint density at radius 2 is 1.88 bits per heavy atom. The molecule has 0 spiro atoms. The summed E-state index contributed by atoms with van der Waals surface area (Å²) in [6.45, 7) is 3.94. The van der Waals surface area contributed by atoms with E-state index in [9.17, 15) is 5.11 Å². The molecule has 1 atom stereocenters. The van der Waals surface area contributed by atoms with Crippen LogP contribution in [-0.4, -0.2) is 25.1 Å². The summed E-state index contributed by atoms with van der Waals surface area (Å²) in [5.74, 6) is 2.13. The normalized spacial score (nSPS) is 12.4. The number of methoxy groups -OCH3 is 2. The van der Waals surface area contributed by atoms with Crippen molar-refractivity contribution in [3.63, 3.8) is 0 Å². The van der Waals surface area contributed by atoms with E-state index in [1.165, 1.54) is 0 Å². The lowest BCUT2D eigenvalue weighted by Crippen LogP contribution is -2.05. The Balaban J connectivity index is 3.31. The van der Waals surface area contributed by atoms with Crippen LogP contribution in [-0.2, 0) is 0 Å². The van der Waals surface area contributed by atoms with Crippen LogP contribution in [0, 0.1) is 13.8 Å². The first kappa shape index (κ1) is 14.2. The predicted octanol–water partition coefficient (Wildman–Crippen LogP) is 2.67. The molecule has 0 aliphatic rings. The van der Waals surface area contributed by atoms with E-state index in [4.69, 9.17) is 9.47 Å². The van der Waals surface area contributed by atoms with Crippen LogP contribution in [0.25, 0.3) is 0 Å². The van der Waals surface area contributed by atoms with Crippen LogP contribution in [0.1, 0.15) is 29.2 Å². The highest BCUT2D eigenvalue weighted by Crippen LogP contribution is 2.37. The van der Waals surface area contributed by atoms with Gasteiger partial charge in [0, 0.05) is 5.56 Å². The highest BCUT2D eigenvalue weighted by Gasteiger charge is 2.18. The van der Waals surface area contributed by atoms with Gasteiger partial charge >= 0.3 is 0 Å². The average Bonchev–Trinajstić information content (AvgIpc) is 2.32. The Morgan fingerprint density at radius 3 is 2.35 bits per heavy atom. The van der Waals surface area contributed by atoms with Crippen LogP contribution >= 0.6 is 12.6 Å². The first-order valence-electron chi connectivity index (χ1n) is 5.57. The van der Waals surface area contributed by atoms with Gasteiger partial charge in [-0.2, -0.15) is 12.6 Å². The summed E-state index contributed by atoms with van der Waals surface area (Å²) >= 11 is 4.14. The summed E-state index contributed by atoms with van der Waals surface area (Å²) in [5.41, 5.74) is 2.80. The van der Waals surface area contributed by atoms with Crippen molar-refractivity contribution in [1.82, 2.24) is 0 Å². The fourth-order valence-corrected chi connectivity index (χ4v) is 2.14. The quantitative estimate of drug-likeness (QED) is 0.796. The lowest BCUT2D eigenvalue weighted by Gasteiger charge is -2.19. The Bertz CT molecular complexity index is 391. The van der Waals surface area contributed by atoms with Gasteiger partial charge in [0.05, 0.1) is 20.3 Å². The van der Waals surface area contributed by atoms with E-state index in [0.717, 1.165) is 28.2 Å². The van der Waals surface area contributed by atoms with Gasteiger partial charge < -0.3 is 14.6 Å². The van der Waals surface area contributed by atoms with Crippen molar-refractivity contribution >= 4 is 12.6 Å². The maximum Gasteiger partial charge on any atom is 0.128 e. The summed E-state index contributed by atoms with van der Waals surface area (Å²) in [6.07, 6.45) is 0.0149. The molecule has 96 valence electrons. The zero-order valence-electron chi connectivity index (χ0n) is 10.8. The second-order valence-corrected chi connectivity index (χ2v) is 4.43. The second-order valence-electron chi connectivity index (χ2n) is 3.98. The summed E-state index contributed by atoms with van der Waals surface area (Å²) < 4.78 is 10.7. The molecule has 17 heavy (non-hydrogen) atoms. The Kier molecular flexibility index (Phi) is 5.15. The molecule has 1 rings (SSSR count). The molecule has 1 unspecified atom stereocenters. The van der Waals surface area contributed by atoms with Crippen molar-refractivity contribution < 1.29 is 14.6 Å². The highest BCUT2D eigenvalue weighted by molar-refractivity contribution is 7.80. The molecule has 4 heteroatoms. The monoisotopic (exact) mass is 256 g/mol. The van der Waals surface area contributed by atoms with Crippen LogP contribution in [0.4, 0.5) is 0 Å². The molecule has 0 heterocycles. The van der Waals surface area contributed by atoms with Gasteiger partial charge in [0.1, 0.15) is 11.5 Å². The van der Waals surface area contributed by atoms with Gasteiger partial charge in [-0.3, -0.25) is 0 Å². The topological polar surface area (TPSA) is 38.7 Å². The van der Waals surface area contributed by atoms with E-state index in [2.05, 4.69) is 12.6 Å². The number of hydrogen-bond donors (Lipinski definition) is 2. The van der Waals surface area contributed by atoms with E-state index in [0.29, 0.717) is 12.2 Å². The van der Waals surface area contributed by atoms with Crippen LogP contribution in [0.3, 0.4) is 0 Å². The zero-order chi connectivity index (χ0) is 13.0. The first-order chi connectivity index (χ1) is 8.06. The molecular weight excluding hydrogens is 236 g/mol. The molecule has 0 fully saturated rings. The minimum absolute atomic E-state index is 0.573. The summed E-state index contributed by atoms with van der Waals surface area (Å²) in [5, 5.41) is 10.1. The SMILES string of the molecule is COc1cc(C(O)CCS)c(OC)c(C)c1C. The van der Waals surface area contributed by atoms with Gasteiger partial charge in [0.2, 0.25) is 0 Å². The zero-order valence-corrected chi connectivity index (χ0v) is 11.7. The minimum Gasteiger partial charge on any atom is -0.496 e. The van der Waals surface area contributed by atoms with Gasteiger partial charge in [-0.25, -0.2) is 0 Å². The number of aliphatic hydroxyl groups is 1. The molecule has 0 saturated heterocycles. The van der Waals surface area contributed by atoms with E-state index in [-0.39, 0.29) is 0 Å². The fraction of sp³-hybridized carbons (Fsp3) is 0.538. The molecule has 0 aliphatic heterocycles. The predicted molar refractivity (Wildman–Crippen MR) is 72.4 cm³/mol. The fourth-order valence-electron chi connectivity index (χ4n) is 1.89. The third kappa shape index (κ3) is 2.87. The van der Waals surface area contributed by atoms with E-state index >= 15 is 0 Å². The Hall–Kier alpha value is -0.870. The first-order valence-corrected chi connectivity index (χ1v) is 6.21. The van der Waals surface area contributed by atoms with Crippen LogP contribution < -0.4 is 9.47 Å². The van der Waals surface area contributed by atoms with Crippen molar-refractivity contribution in [2.75, 3.05) is 20.0 Å². The van der Waals surface area contributed by atoms with Gasteiger partial charge in [-0.05, 0) is 43.2 Å². The molecule has 3 nitrogen and oxygen atoms in total. The summed E-state index contributed by atoms with van der Waals surface area (Å²) in [6, 6.07) is 1.84. The maximum atomic E-state index is 10.1. The van der Waals surface area contributed by atoms with Crippen LogP contribution in [0.2, 0.25) is 0 Å². The number of ether oxygens (including phenoxy) is 2. The lowest BCUT2D eigenvalue weighted by atomic mass is 9.98. The smallest absolute Gasteiger partial charge is 0.128 e. The van der Waals surface area contributed by atoms with Crippen LogP contribution in [0.5, 0.6) is 11.5 Å². The highest BCUT2D eigenvalue weighted by atomic mass is 32.1. The van der Waals surface area contributed by atoms with Crippen molar-refractivity contribution in [2.24, 2.45) is 0 Å². The van der Waals surface area contributed by atoms with E-state index in [1.54, 1.807) is 14.2 Å². The van der Waals surface area contributed by atoms with Crippen LogP contribution in [0.15, 0.2) is 6.07 Å². The molecule has 0 aliphatic carbocycles. The Labute approximate surface area is 108 Å². The molecule has 0 amide bonds. The Morgan fingerprint density at radius 1 is 1.24 bits per heavy atom. The molecule has 0 bridgehead atoms. The molecular formula is C13H20O3S. The maximum absolute atomic E-state index is 10.1. The average molecular weight is 256 g/mol. The summed E-state index contributed by atoms with van der Waals surface area (Å²) in [7, 11) is 3.24. The summed E-state index contributed by atoms with van der Waals surface area (Å²) in [4.78, 5) is 0. The van der Waals surface area contributed by atoms with Gasteiger partial charge in [0.25, 0.3) is 0 Å². The van der Waals surface area contributed by atoms with Gasteiger partial charge in [-0.15, -0.1) is 0 Å². The number of benzene rings is 1. The van der Waals surface area contributed by atoms with Gasteiger partial charge in [0.15, 0.2) is 0 Å². The van der Waals surface area contributed by atoms with Crippen molar-refractivity contribution in [1.29, 1.82) is 0 Å². The molecule has 0 aromatic heterocycles. The molecule has 0 radical (unpaired) electrons. The molecule has 1 aromatic rings. The number of rotatable bonds is 5. The van der Waals surface area contributed by atoms with E-state index in [1.807, 2.05) is 19.9 Å². The number of thiol groups is 1. The van der Waals surface area contributed by atoms with Crippen molar-refractivity contribution in [3.05, 3.63) is 22.8 Å². The van der Waals surface area contributed by atoms with E-state index < -0.39 is 6.10 Å². The number of hydrogen-bond acceptors (Lipinski definition) is 4. The standard InChI is InChI=1S/C13H20O3S/c1-8-9(2)13(16-4)10(7-12(8)15-3)11(14)5-6-17/h7,11,14,17H,5-6H2,1-4H3. The molecule has 1 aromatic carbocycles. The number of aliphatic hydroxyl groups excluding tert-OH is 1.